The molecule has 3 atom stereocenters. The maximum atomic E-state index is 11.8. The van der Waals surface area contributed by atoms with Crippen molar-refractivity contribution in [1.82, 2.24) is 21.5 Å². The summed E-state index contributed by atoms with van der Waals surface area (Å²) < 4.78 is 0. The van der Waals surface area contributed by atoms with Gasteiger partial charge in [0.15, 0.2) is 5.11 Å². The zero-order chi connectivity index (χ0) is 19.6. The zero-order valence-electron chi connectivity index (χ0n) is 15.8. The molecule has 1 aromatic rings. The number of hydrogen-bond acceptors (Lipinski definition) is 3. The van der Waals surface area contributed by atoms with Gasteiger partial charge in [0, 0.05) is 12.1 Å². The summed E-state index contributed by atoms with van der Waals surface area (Å²) in [6.07, 6.45) is 6.59. The zero-order valence-corrected chi connectivity index (χ0v) is 16.6. The minimum Gasteiger partial charge on any atom is -0.358 e. The first-order valence-electron chi connectivity index (χ1n) is 9.32. The van der Waals surface area contributed by atoms with E-state index in [1.54, 1.807) is 6.08 Å². The Morgan fingerprint density at radius 1 is 1.15 bits per heavy atom. The number of rotatable bonds is 5. The van der Waals surface area contributed by atoms with E-state index in [2.05, 4.69) is 35.3 Å². The predicted octanol–water partition coefficient (Wildman–Crippen LogP) is 2.14. The van der Waals surface area contributed by atoms with Gasteiger partial charge >= 0.3 is 0 Å². The van der Waals surface area contributed by atoms with Crippen molar-refractivity contribution in [2.24, 2.45) is 11.8 Å². The molecule has 0 heterocycles. The van der Waals surface area contributed by atoms with Gasteiger partial charge in [-0.2, -0.15) is 0 Å². The van der Waals surface area contributed by atoms with E-state index in [9.17, 15) is 9.59 Å². The summed E-state index contributed by atoms with van der Waals surface area (Å²) in [4.78, 5) is 23.6. The first kappa shape index (κ1) is 20.9. The van der Waals surface area contributed by atoms with Gasteiger partial charge < -0.3 is 10.6 Å². The number of hydrogen-bond donors (Lipinski definition) is 4. The molecular formula is C20H28N4O2S. The van der Waals surface area contributed by atoms with Crippen LogP contribution in [0.4, 0.5) is 0 Å². The Bertz CT molecular complexity index is 678. The second kappa shape index (κ2) is 10.7. The van der Waals surface area contributed by atoms with Crippen LogP contribution in [-0.4, -0.2) is 29.5 Å². The minimum absolute atomic E-state index is 0.134. The molecule has 0 bridgehead atoms. The molecule has 0 spiro atoms. The molecule has 2 amide bonds. The number of benzene rings is 1. The normalized spacial score (nSPS) is 22.1. The van der Waals surface area contributed by atoms with E-state index in [0.29, 0.717) is 23.0 Å². The monoisotopic (exact) mass is 388 g/mol. The lowest BCUT2D eigenvalue weighted by Crippen LogP contribution is -2.53. The molecule has 7 heteroatoms. The molecule has 4 N–H and O–H groups in total. The summed E-state index contributed by atoms with van der Waals surface area (Å²) in [5, 5.41) is 6.19. The molecule has 2 rings (SSSR count). The largest absolute Gasteiger partial charge is 0.358 e. The van der Waals surface area contributed by atoms with Gasteiger partial charge in [0.05, 0.1) is 6.54 Å². The molecule has 27 heavy (non-hydrogen) atoms. The third-order valence-corrected chi connectivity index (χ3v) is 5.21. The lowest BCUT2D eigenvalue weighted by molar-refractivity contribution is -0.124. The fourth-order valence-corrected chi connectivity index (χ4v) is 3.33. The van der Waals surface area contributed by atoms with Crippen LogP contribution in [0, 0.1) is 11.8 Å². The van der Waals surface area contributed by atoms with Gasteiger partial charge in [0.1, 0.15) is 0 Å². The molecule has 1 aromatic carbocycles. The second-order valence-corrected chi connectivity index (χ2v) is 7.39. The Kier molecular flexibility index (Phi) is 8.26. The van der Waals surface area contributed by atoms with E-state index in [-0.39, 0.29) is 18.4 Å². The quantitative estimate of drug-likeness (QED) is 0.353. The highest BCUT2D eigenvalue weighted by Crippen LogP contribution is 2.29. The Morgan fingerprint density at radius 2 is 1.89 bits per heavy atom. The number of thiocarbonyl (C=S) groups is 1. The minimum atomic E-state index is -0.370. The molecular weight excluding hydrogens is 360 g/mol. The van der Waals surface area contributed by atoms with Gasteiger partial charge in [-0.05, 0) is 42.1 Å². The summed E-state index contributed by atoms with van der Waals surface area (Å²) in [6, 6.07) is 9.78. The van der Waals surface area contributed by atoms with Crippen LogP contribution in [-0.2, 0) is 9.59 Å². The van der Waals surface area contributed by atoms with Crippen molar-refractivity contribution in [2.75, 3.05) is 6.54 Å². The Balaban J connectivity index is 1.64. The topological polar surface area (TPSA) is 82.3 Å². The van der Waals surface area contributed by atoms with Crippen LogP contribution in [0.5, 0.6) is 0 Å². The lowest BCUT2D eigenvalue weighted by Gasteiger charge is -2.35. The van der Waals surface area contributed by atoms with Gasteiger partial charge in [0.2, 0.25) is 5.91 Å². The highest BCUT2D eigenvalue weighted by molar-refractivity contribution is 7.80. The van der Waals surface area contributed by atoms with Crippen molar-refractivity contribution < 1.29 is 9.59 Å². The highest BCUT2D eigenvalue weighted by atomic mass is 32.1. The molecule has 1 aliphatic carbocycles. The maximum absolute atomic E-state index is 11.8. The fourth-order valence-electron chi connectivity index (χ4n) is 3.12. The number of carbonyl (C=O) groups is 2. The Labute approximate surface area is 166 Å². The van der Waals surface area contributed by atoms with Crippen molar-refractivity contribution in [3.8, 4) is 0 Å². The van der Waals surface area contributed by atoms with Gasteiger partial charge in [-0.15, -0.1) is 0 Å². The fraction of sp³-hybridized carbons (Fsp3) is 0.450. The average molecular weight is 389 g/mol. The molecule has 1 aliphatic rings. The van der Waals surface area contributed by atoms with Crippen LogP contribution in [0.2, 0.25) is 0 Å². The summed E-state index contributed by atoms with van der Waals surface area (Å²) in [6.45, 7) is 4.34. The van der Waals surface area contributed by atoms with Crippen LogP contribution in [0.15, 0.2) is 36.4 Å². The summed E-state index contributed by atoms with van der Waals surface area (Å²) in [5.74, 6) is 0.489. The van der Waals surface area contributed by atoms with E-state index in [1.165, 1.54) is 18.9 Å². The molecule has 0 saturated heterocycles. The predicted molar refractivity (Wildman–Crippen MR) is 111 cm³/mol. The van der Waals surface area contributed by atoms with Gasteiger partial charge in [-0.25, -0.2) is 0 Å². The van der Waals surface area contributed by atoms with E-state index in [1.807, 2.05) is 30.3 Å². The van der Waals surface area contributed by atoms with Crippen molar-refractivity contribution in [1.29, 1.82) is 0 Å². The molecule has 146 valence electrons. The van der Waals surface area contributed by atoms with Crippen LogP contribution in [0.3, 0.4) is 0 Å². The molecule has 0 aliphatic heterocycles. The third kappa shape index (κ3) is 7.38. The number of hydrazine groups is 1. The first-order valence-corrected chi connectivity index (χ1v) is 9.73. The average Bonchev–Trinajstić information content (AvgIpc) is 2.67. The van der Waals surface area contributed by atoms with Gasteiger partial charge in [-0.3, -0.25) is 20.4 Å². The SMILES string of the molecule is C[C@@H]1[C@H](C)CCC[C@@H]1NC(=S)NNC(=O)CNC(=O)/C=C/c1ccccc1. The number of carbonyl (C=O) groups excluding carboxylic acids is 2. The molecule has 1 saturated carbocycles. The van der Waals surface area contributed by atoms with Gasteiger partial charge in [0.25, 0.3) is 5.91 Å². The van der Waals surface area contributed by atoms with E-state index < -0.39 is 0 Å². The lowest BCUT2D eigenvalue weighted by atomic mass is 9.78. The molecule has 0 unspecified atom stereocenters. The van der Waals surface area contributed by atoms with Crippen molar-refractivity contribution in [3.63, 3.8) is 0 Å². The number of nitrogens with one attached hydrogen (secondary N) is 4. The summed E-state index contributed by atoms with van der Waals surface area (Å²) in [5.41, 5.74) is 6.11. The summed E-state index contributed by atoms with van der Waals surface area (Å²) >= 11 is 5.24. The van der Waals surface area contributed by atoms with Gasteiger partial charge in [-0.1, -0.05) is 57.0 Å². The summed E-state index contributed by atoms with van der Waals surface area (Å²) in [7, 11) is 0. The van der Waals surface area contributed by atoms with Crippen LogP contribution < -0.4 is 21.5 Å². The molecule has 1 fully saturated rings. The standard InChI is InChI=1S/C20H28N4O2S/c1-14-7-6-10-17(15(14)2)22-20(27)24-23-19(26)13-21-18(25)12-11-16-8-4-3-5-9-16/h3-5,8-9,11-12,14-15,17H,6-7,10,13H2,1-2H3,(H,21,25)(H,23,26)(H2,22,24,27)/b12-11+/t14-,15-,17+/m1/s1. The first-order chi connectivity index (χ1) is 13.0. The van der Waals surface area contributed by atoms with Crippen LogP contribution >= 0.6 is 12.2 Å². The molecule has 0 aromatic heterocycles. The second-order valence-electron chi connectivity index (χ2n) is 6.98. The van der Waals surface area contributed by atoms with Crippen LogP contribution in [0.1, 0.15) is 38.7 Å². The van der Waals surface area contributed by atoms with Crippen molar-refractivity contribution >= 4 is 35.2 Å². The molecule has 0 radical (unpaired) electrons. The number of amides is 2. The Hall–Kier alpha value is -2.41. The van der Waals surface area contributed by atoms with E-state index >= 15 is 0 Å². The van der Waals surface area contributed by atoms with Crippen molar-refractivity contribution in [3.05, 3.63) is 42.0 Å². The smallest absolute Gasteiger partial charge is 0.257 e. The van der Waals surface area contributed by atoms with E-state index in [0.717, 1.165) is 12.0 Å². The van der Waals surface area contributed by atoms with Crippen LogP contribution in [0.25, 0.3) is 6.08 Å². The highest BCUT2D eigenvalue weighted by Gasteiger charge is 2.27. The Morgan fingerprint density at radius 3 is 2.63 bits per heavy atom. The maximum Gasteiger partial charge on any atom is 0.257 e. The van der Waals surface area contributed by atoms with Crippen molar-refractivity contribution in [2.45, 2.75) is 39.2 Å². The van der Waals surface area contributed by atoms with E-state index in [4.69, 9.17) is 12.2 Å². The molecule has 6 nitrogen and oxygen atoms in total. The third-order valence-electron chi connectivity index (χ3n) is 4.99.